The van der Waals surface area contributed by atoms with Gasteiger partial charge in [0.05, 0.1) is 6.04 Å². The number of hydrogen-bond donors (Lipinski definition) is 2. The number of nitrogen functional groups attached to an aromatic ring is 1. The van der Waals surface area contributed by atoms with Crippen LogP contribution in [0.5, 0.6) is 0 Å². The molecular weight excluding hydrogens is 202 g/mol. The van der Waals surface area contributed by atoms with Gasteiger partial charge >= 0.3 is 0 Å². The maximum atomic E-state index is 5.60. The molecule has 0 spiro atoms. The zero-order chi connectivity index (χ0) is 11.5. The third-order valence-corrected chi connectivity index (χ3v) is 2.35. The van der Waals surface area contributed by atoms with Gasteiger partial charge in [-0.25, -0.2) is 4.98 Å². The first kappa shape index (κ1) is 10.5. The van der Waals surface area contributed by atoms with Crippen molar-refractivity contribution in [2.75, 3.05) is 11.1 Å². The van der Waals surface area contributed by atoms with Crippen LogP contribution in [-0.4, -0.2) is 4.98 Å². The number of nitrogens with two attached hydrogens (primary N) is 1. The second-order valence-corrected chi connectivity index (χ2v) is 3.78. The molecule has 84 valence electrons. The first-order chi connectivity index (χ1) is 7.65. The summed E-state index contributed by atoms with van der Waals surface area (Å²) in [4.78, 5) is 3.94. The molecule has 0 aliphatic carbocycles. The minimum atomic E-state index is 0.107. The van der Waals surface area contributed by atoms with E-state index in [4.69, 9.17) is 10.2 Å². The molecule has 0 aromatic carbocycles. The van der Waals surface area contributed by atoms with E-state index in [0.29, 0.717) is 5.82 Å². The van der Waals surface area contributed by atoms with Crippen molar-refractivity contribution in [3.63, 3.8) is 0 Å². The fourth-order valence-corrected chi connectivity index (χ4v) is 1.55. The molecule has 0 saturated heterocycles. The van der Waals surface area contributed by atoms with Crippen LogP contribution in [0.1, 0.15) is 24.5 Å². The molecule has 2 rings (SSSR count). The maximum absolute atomic E-state index is 5.60. The number of rotatable bonds is 3. The minimum absolute atomic E-state index is 0.107. The number of nitrogens with zero attached hydrogens (tertiary/aromatic N) is 1. The molecule has 0 saturated carbocycles. The molecular formula is C12H15N3O. The summed E-state index contributed by atoms with van der Waals surface area (Å²) in [5.74, 6) is 2.33. The lowest BCUT2D eigenvalue weighted by molar-refractivity contribution is 0.467. The highest BCUT2D eigenvalue weighted by molar-refractivity contribution is 5.50. The lowest BCUT2D eigenvalue weighted by atomic mass is 10.2. The second kappa shape index (κ2) is 4.26. The molecule has 1 unspecified atom stereocenters. The SMILES string of the molecule is Cc1ccc(C(C)Nc2ccnc(N)c2)o1. The monoisotopic (exact) mass is 217 g/mol. The molecule has 0 fully saturated rings. The number of nitrogens with one attached hydrogen (secondary N) is 1. The summed E-state index contributed by atoms with van der Waals surface area (Å²) >= 11 is 0. The molecule has 0 aliphatic rings. The quantitative estimate of drug-likeness (QED) is 0.829. The summed E-state index contributed by atoms with van der Waals surface area (Å²) in [5.41, 5.74) is 6.54. The highest BCUT2D eigenvalue weighted by atomic mass is 16.3. The third kappa shape index (κ3) is 2.34. The summed E-state index contributed by atoms with van der Waals surface area (Å²) in [6.07, 6.45) is 1.68. The predicted octanol–water partition coefficient (Wildman–Crippen LogP) is 2.74. The zero-order valence-electron chi connectivity index (χ0n) is 9.40. The van der Waals surface area contributed by atoms with Gasteiger partial charge < -0.3 is 15.5 Å². The van der Waals surface area contributed by atoms with Crippen molar-refractivity contribution in [2.24, 2.45) is 0 Å². The van der Waals surface area contributed by atoms with Crippen molar-refractivity contribution in [2.45, 2.75) is 19.9 Å². The molecule has 0 amide bonds. The average molecular weight is 217 g/mol. The summed E-state index contributed by atoms with van der Waals surface area (Å²) < 4.78 is 5.54. The molecule has 2 aromatic heterocycles. The number of anilines is 2. The molecule has 0 aliphatic heterocycles. The summed E-state index contributed by atoms with van der Waals surface area (Å²) in [6, 6.07) is 7.71. The van der Waals surface area contributed by atoms with Crippen LogP contribution < -0.4 is 11.1 Å². The Balaban J connectivity index is 2.10. The van der Waals surface area contributed by atoms with Crippen LogP contribution >= 0.6 is 0 Å². The lowest BCUT2D eigenvalue weighted by Crippen LogP contribution is -2.06. The average Bonchev–Trinajstić information content (AvgIpc) is 2.65. The van der Waals surface area contributed by atoms with E-state index >= 15 is 0 Å². The topological polar surface area (TPSA) is 64.1 Å². The Morgan fingerprint density at radius 2 is 2.19 bits per heavy atom. The normalized spacial score (nSPS) is 12.4. The highest BCUT2D eigenvalue weighted by Crippen LogP contribution is 2.21. The number of aromatic nitrogens is 1. The van der Waals surface area contributed by atoms with Crippen molar-refractivity contribution < 1.29 is 4.42 Å². The smallest absolute Gasteiger partial charge is 0.126 e. The summed E-state index contributed by atoms with van der Waals surface area (Å²) in [6.45, 7) is 3.97. The van der Waals surface area contributed by atoms with Gasteiger partial charge in [0, 0.05) is 18.0 Å². The van der Waals surface area contributed by atoms with Gasteiger partial charge in [-0.3, -0.25) is 0 Å². The van der Waals surface area contributed by atoms with E-state index in [2.05, 4.69) is 10.3 Å². The molecule has 3 N–H and O–H groups in total. The van der Waals surface area contributed by atoms with Crippen molar-refractivity contribution in [3.05, 3.63) is 42.0 Å². The van der Waals surface area contributed by atoms with Crippen molar-refractivity contribution in [1.82, 2.24) is 4.98 Å². The molecule has 4 nitrogen and oxygen atoms in total. The van der Waals surface area contributed by atoms with Crippen LogP contribution in [0.3, 0.4) is 0 Å². The van der Waals surface area contributed by atoms with Crippen LogP contribution in [0.4, 0.5) is 11.5 Å². The highest BCUT2D eigenvalue weighted by Gasteiger charge is 2.09. The van der Waals surface area contributed by atoms with Crippen LogP contribution in [0.15, 0.2) is 34.9 Å². The van der Waals surface area contributed by atoms with E-state index in [1.165, 1.54) is 0 Å². The van der Waals surface area contributed by atoms with Gasteiger partial charge in [-0.05, 0) is 32.0 Å². The molecule has 1 atom stereocenters. The van der Waals surface area contributed by atoms with Crippen LogP contribution in [-0.2, 0) is 0 Å². The van der Waals surface area contributed by atoms with Crippen molar-refractivity contribution in [3.8, 4) is 0 Å². The fraction of sp³-hybridized carbons (Fsp3) is 0.250. The largest absolute Gasteiger partial charge is 0.464 e. The molecule has 0 radical (unpaired) electrons. The van der Waals surface area contributed by atoms with Gasteiger partial charge in [0.25, 0.3) is 0 Å². The van der Waals surface area contributed by atoms with Crippen LogP contribution in [0.2, 0.25) is 0 Å². The predicted molar refractivity (Wildman–Crippen MR) is 64.1 cm³/mol. The molecule has 2 heterocycles. The van der Waals surface area contributed by atoms with Gasteiger partial charge in [-0.1, -0.05) is 0 Å². The number of hydrogen-bond acceptors (Lipinski definition) is 4. The number of furan rings is 1. The zero-order valence-corrected chi connectivity index (χ0v) is 9.40. The van der Waals surface area contributed by atoms with Gasteiger partial charge in [-0.2, -0.15) is 0 Å². The van der Waals surface area contributed by atoms with E-state index in [0.717, 1.165) is 17.2 Å². The van der Waals surface area contributed by atoms with Crippen molar-refractivity contribution in [1.29, 1.82) is 0 Å². The molecule has 4 heteroatoms. The standard InChI is InChI=1S/C12H15N3O/c1-8-3-4-11(16-8)9(2)15-10-5-6-14-12(13)7-10/h3-7,9H,1-2H3,(H3,13,14,15). The van der Waals surface area contributed by atoms with E-state index < -0.39 is 0 Å². The Kier molecular flexibility index (Phi) is 2.81. The number of aryl methyl sites for hydroxylation is 1. The van der Waals surface area contributed by atoms with Gasteiger partial charge in [0.15, 0.2) is 0 Å². The van der Waals surface area contributed by atoms with E-state index in [-0.39, 0.29) is 6.04 Å². The summed E-state index contributed by atoms with van der Waals surface area (Å²) in [5, 5.41) is 3.30. The Morgan fingerprint density at radius 3 is 2.81 bits per heavy atom. The van der Waals surface area contributed by atoms with Gasteiger partial charge in [0.2, 0.25) is 0 Å². The van der Waals surface area contributed by atoms with E-state index in [1.807, 2.05) is 32.0 Å². The molecule has 0 bridgehead atoms. The van der Waals surface area contributed by atoms with Gasteiger partial charge in [-0.15, -0.1) is 0 Å². The van der Waals surface area contributed by atoms with Crippen LogP contribution in [0, 0.1) is 6.92 Å². The lowest BCUT2D eigenvalue weighted by Gasteiger charge is -2.12. The maximum Gasteiger partial charge on any atom is 0.126 e. The van der Waals surface area contributed by atoms with E-state index in [9.17, 15) is 0 Å². The molecule has 16 heavy (non-hydrogen) atoms. The van der Waals surface area contributed by atoms with Gasteiger partial charge in [0.1, 0.15) is 17.3 Å². The first-order valence-corrected chi connectivity index (χ1v) is 5.19. The fourth-order valence-electron chi connectivity index (χ4n) is 1.55. The Morgan fingerprint density at radius 1 is 1.38 bits per heavy atom. The van der Waals surface area contributed by atoms with Crippen molar-refractivity contribution >= 4 is 11.5 Å². The Bertz CT molecular complexity index is 479. The number of pyridine rings is 1. The van der Waals surface area contributed by atoms with Crippen LogP contribution in [0.25, 0.3) is 0 Å². The molecule has 2 aromatic rings. The Labute approximate surface area is 94.5 Å². The minimum Gasteiger partial charge on any atom is -0.464 e. The van der Waals surface area contributed by atoms with E-state index in [1.54, 1.807) is 12.3 Å². The first-order valence-electron chi connectivity index (χ1n) is 5.19. The second-order valence-electron chi connectivity index (χ2n) is 3.78. The third-order valence-electron chi connectivity index (χ3n) is 2.35. The summed E-state index contributed by atoms with van der Waals surface area (Å²) in [7, 11) is 0. The Hall–Kier alpha value is -1.97.